The smallest absolute Gasteiger partial charge is 0.168 e. The third kappa shape index (κ3) is 2.05. The van der Waals surface area contributed by atoms with Crippen LogP contribution in [0.4, 0.5) is 0 Å². The minimum atomic E-state index is -0.163. The van der Waals surface area contributed by atoms with E-state index in [1.54, 1.807) is 0 Å². The molecule has 2 heteroatoms. The Labute approximate surface area is 80.6 Å². The molecule has 1 spiro atoms. The fraction of sp³-hybridized carbons (Fsp3) is 1.00. The van der Waals surface area contributed by atoms with Crippen LogP contribution in [0.5, 0.6) is 0 Å². The van der Waals surface area contributed by atoms with Gasteiger partial charge in [0.25, 0.3) is 0 Å². The van der Waals surface area contributed by atoms with Gasteiger partial charge in [0.15, 0.2) is 5.79 Å². The van der Waals surface area contributed by atoms with Gasteiger partial charge in [-0.3, -0.25) is 0 Å². The van der Waals surface area contributed by atoms with Crippen LogP contribution in [0.15, 0.2) is 0 Å². The first kappa shape index (κ1) is 9.47. The predicted molar refractivity (Wildman–Crippen MR) is 51.5 cm³/mol. The molecule has 76 valence electrons. The lowest BCUT2D eigenvalue weighted by molar-refractivity contribution is -0.295. The minimum absolute atomic E-state index is 0.163. The molecule has 1 heterocycles. The van der Waals surface area contributed by atoms with E-state index in [1.165, 1.54) is 25.7 Å². The Morgan fingerprint density at radius 3 is 2.23 bits per heavy atom. The van der Waals surface area contributed by atoms with E-state index in [0.29, 0.717) is 5.92 Å². The fourth-order valence-electron chi connectivity index (χ4n) is 2.24. The molecule has 1 aliphatic heterocycles. The molecule has 2 aliphatic rings. The zero-order valence-electron chi connectivity index (χ0n) is 8.55. The Kier molecular flexibility index (Phi) is 2.89. The first-order valence-electron chi connectivity index (χ1n) is 5.62. The monoisotopic (exact) mass is 184 g/mol. The number of rotatable bonds is 1. The van der Waals surface area contributed by atoms with Crippen molar-refractivity contribution in [3.05, 3.63) is 0 Å². The van der Waals surface area contributed by atoms with Crippen LogP contribution >= 0.6 is 0 Å². The summed E-state index contributed by atoms with van der Waals surface area (Å²) < 4.78 is 11.8. The van der Waals surface area contributed by atoms with Crippen LogP contribution in [0.25, 0.3) is 0 Å². The van der Waals surface area contributed by atoms with Crippen molar-refractivity contribution in [3.8, 4) is 0 Å². The SMILES string of the molecule is CCC1COC2(CCCCC2)OC1. The topological polar surface area (TPSA) is 18.5 Å². The van der Waals surface area contributed by atoms with E-state index in [-0.39, 0.29) is 5.79 Å². The van der Waals surface area contributed by atoms with Gasteiger partial charge in [-0.1, -0.05) is 13.3 Å². The molecule has 1 aliphatic carbocycles. The highest BCUT2D eigenvalue weighted by atomic mass is 16.7. The van der Waals surface area contributed by atoms with Gasteiger partial charge in [-0.2, -0.15) is 0 Å². The van der Waals surface area contributed by atoms with Gasteiger partial charge < -0.3 is 9.47 Å². The highest BCUT2D eigenvalue weighted by Crippen LogP contribution is 2.36. The lowest BCUT2D eigenvalue weighted by atomic mass is 9.92. The van der Waals surface area contributed by atoms with Crippen LogP contribution < -0.4 is 0 Å². The summed E-state index contributed by atoms with van der Waals surface area (Å²) >= 11 is 0. The molecule has 0 aromatic carbocycles. The highest BCUT2D eigenvalue weighted by molar-refractivity contribution is 4.79. The molecule has 0 radical (unpaired) electrons. The zero-order chi connectivity index (χ0) is 9.15. The normalized spacial score (nSPS) is 29.3. The van der Waals surface area contributed by atoms with Crippen molar-refractivity contribution in [2.45, 2.75) is 51.2 Å². The van der Waals surface area contributed by atoms with E-state index in [2.05, 4.69) is 6.92 Å². The molecular formula is C11H20O2. The van der Waals surface area contributed by atoms with E-state index in [0.717, 1.165) is 26.1 Å². The molecule has 13 heavy (non-hydrogen) atoms. The second-order valence-corrected chi connectivity index (χ2v) is 4.37. The molecular weight excluding hydrogens is 164 g/mol. The number of ether oxygens (including phenoxy) is 2. The Bertz CT molecular complexity index is 151. The predicted octanol–water partition coefficient (Wildman–Crippen LogP) is 2.72. The number of hydrogen-bond donors (Lipinski definition) is 0. The molecule has 2 nitrogen and oxygen atoms in total. The largest absolute Gasteiger partial charge is 0.350 e. The van der Waals surface area contributed by atoms with Crippen molar-refractivity contribution in [2.75, 3.05) is 13.2 Å². The second kappa shape index (κ2) is 3.97. The van der Waals surface area contributed by atoms with Crippen molar-refractivity contribution in [1.29, 1.82) is 0 Å². The average Bonchev–Trinajstić information content (AvgIpc) is 2.20. The van der Waals surface area contributed by atoms with Crippen LogP contribution in [-0.4, -0.2) is 19.0 Å². The van der Waals surface area contributed by atoms with Crippen LogP contribution in [0.2, 0.25) is 0 Å². The molecule has 0 unspecified atom stereocenters. The average molecular weight is 184 g/mol. The van der Waals surface area contributed by atoms with Gasteiger partial charge in [0, 0.05) is 18.8 Å². The van der Waals surface area contributed by atoms with Crippen molar-refractivity contribution in [3.63, 3.8) is 0 Å². The molecule has 0 bridgehead atoms. The molecule has 2 fully saturated rings. The van der Waals surface area contributed by atoms with E-state index in [4.69, 9.17) is 9.47 Å². The summed E-state index contributed by atoms with van der Waals surface area (Å²) in [5.74, 6) is 0.469. The van der Waals surface area contributed by atoms with Crippen LogP contribution in [-0.2, 0) is 9.47 Å². The molecule has 0 amide bonds. The highest BCUT2D eigenvalue weighted by Gasteiger charge is 2.37. The van der Waals surface area contributed by atoms with Crippen LogP contribution in [0.1, 0.15) is 45.4 Å². The van der Waals surface area contributed by atoms with Crippen molar-refractivity contribution in [2.24, 2.45) is 5.92 Å². The maximum absolute atomic E-state index is 5.89. The van der Waals surface area contributed by atoms with Crippen LogP contribution in [0.3, 0.4) is 0 Å². The second-order valence-electron chi connectivity index (χ2n) is 4.37. The van der Waals surface area contributed by atoms with Gasteiger partial charge in [-0.15, -0.1) is 0 Å². The first-order valence-corrected chi connectivity index (χ1v) is 5.62. The van der Waals surface area contributed by atoms with E-state index in [1.807, 2.05) is 0 Å². The zero-order valence-corrected chi connectivity index (χ0v) is 8.55. The lowest BCUT2D eigenvalue weighted by Gasteiger charge is -2.42. The quantitative estimate of drug-likeness (QED) is 0.624. The molecule has 2 rings (SSSR count). The maximum atomic E-state index is 5.89. The standard InChI is InChI=1S/C11H20O2/c1-2-10-8-12-11(13-9-10)6-4-3-5-7-11/h10H,2-9H2,1H3. The summed E-state index contributed by atoms with van der Waals surface area (Å²) in [7, 11) is 0. The Morgan fingerprint density at radius 2 is 1.69 bits per heavy atom. The van der Waals surface area contributed by atoms with Crippen molar-refractivity contribution in [1.82, 2.24) is 0 Å². The van der Waals surface area contributed by atoms with Gasteiger partial charge in [0.05, 0.1) is 13.2 Å². The van der Waals surface area contributed by atoms with Gasteiger partial charge >= 0.3 is 0 Å². The summed E-state index contributed by atoms with van der Waals surface area (Å²) in [4.78, 5) is 0. The van der Waals surface area contributed by atoms with E-state index < -0.39 is 0 Å². The van der Waals surface area contributed by atoms with Gasteiger partial charge in [0.2, 0.25) is 0 Å². The molecule has 0 atom stereocenters. The minimum Gasteiger partial charge on any atom is -0.350 e. The van der Waals surface area contributed by atoms with Crippen molar-refractivity contribution < 1.29 is 9.47 Å². The molecule has 0 N–H and O–H groups in total. The third-order valence-electron chi connectivity index (χ3n) is 3.36. The summed E-state index contributed by atoms with van der Waals surface area (Å²) in [6.45, 7) is 4.03. The summed E-state index contributed by atoms with van der Waals surface area (Å²) in [5, 5.41) is 0. The Balaban J connectivity index is 1.87. The van der Waals surface area contributed by atoms with Gasteiger partial charge in [-0.05, 0) is 19.3 Å². The Hall–Kier alpha value is -0.0800. The lowest BCUT2D eigenvalue weighted by Crippen LogP contribution is -2.45. The molecule has 1 saturated heterocycles. The van der Waals surface area contributed by atoms with Gasteiger partial charge in [-0.25, -0.2) is 0 Å². The van der Waals surface area contributed by atoms with E-state index in [9.17, 15) is 0 Å². The molecule has 1 saturated carbocycles. The third-order valence-corrected chi connectivity index (χ3v) is 3.36. The van der Waals surface area contributed by atoms with Crippen LogP contribution in [0, 0.1) is 5.92 Å². The Morgan fingerprint density at radius 1 is 1.08 bits per heavy atom. The van der Waals surface area contributed by atoms with E-state index >= 15 is 0 Å². The van der Waals surface area contributed by atoms with Gasteiger partial charge in [0.1, 0.15) is 0 Å². The summed E-state index contributed by atoms with van der Waals surface area (Å²) in [6, 6.07) is 0. The summed E-state index contributed by atoms with van der Waals surface area (Å²) in [6.07, 6.45) is 7.31. The number of hydrogen-bond acceptors (Lipinski definition) is 2. The fourth-order valence-corrected chi connectivity index (χ4v) is 2.24. The summed E-state index contributed by atoms with van der Waals surface area (Å²) in [5.41, 5.74) is 0. The first-order chi connectivity index (χ1) is 6.35. The molecule has 0 aromatic rings. The maximum Gasteiger partial charge on any atom is 0.168 e. The van der Waals surface area contributed by atoms with Crippen molar-refractivity contribution >= 4 is 0 Å². The molecule has 0 aromatic heterocycles.